The first kappa shape index (κ1) is 18.2. The Kier molecular flexibility index (Phi) is 4.93. The average Bonchev–Trinajstić information content (AvgIpc) is 2.87. The van der Waals surface area contributed by atoms with Crippen LogP contribution < -0.4 is 5.32 Å². The van der Waals surface area contributed by atoms with Crippen molar-refractivity contribution in [1.29, 1.82) is 0 Å². The van der Waals surface area contributed by atoms with Gasteiger partial charge in [-0.1, -0.05) is 12.1 Å². The second kappa shape index (κ2) is 7.32. The van der Waals surface area contributed by atoms with E-state index in [1.165, 1.54) is 6.07 Å². The van der Waals surface area contributed by atoms with Gasteiger partial charge in [-0.2, -0.15) is 0 Å². The molecule has 1 aromatic carbocycles. The van der Waals surface area contributed by atoms with Crippen LogP contribution >= 0.6 is 0 Å². The zero-order valence-electron chi connectivity index (χ0n) is 14.5. The Labute approximate surface area is 154 Å². The van der Waals surface area contributed by atoms with Crippen molar-refractivity contribution in [2.24, 2.45) is 0 Å². The van der Waals surface area contributed by atoms with E-state index in [0.717, 1.165) is 11.1 Å². The number of anilines is 1. The molecule has 27 heavy (non-hydrogen) atoms. The number of fused-ring (bicyclic) bond motifs is 1. The largest absolute Gasteiger partial charge is 0.311 e. The molecule has 9 heteroatoms. The van der Waals surface area contributed by atoms with E-state index in [9.17, 15) is 24.5 Å². The Bertz CT molecular complexity index is 922. The number of hydrogen-bond acceptors (Lipinski definition) is 6. The molecule has 138 valence electrons. The highest BCUT2D eigenvalue weighted by atomic mass is 16.6. The minimum absolute atomic E-state index is 0.0745. The van der Waals surface area contributed by atoms with E-state index in [4.69, 9.17) is 0 Å². The number of carbonyl (C=O) groups excluding carboxylic acids is 3. The smallest absolute Gasteiger partial charge is 0.290 e. The lowest BCUT2D eigenvalue weighted by Gasteiger charge is -2.13. The first-order valence-corrected chi connectivity index (χ1v) is 8.24. The fraction of sp³-hybridized carbons (Fsp3) is 0.222. The van der Waals surface area contributed by atoms with Crippen molar-refractivity contribution < 1.29 is 19.3 Å². The minimum atomic E-state index is -0.546. The molecule has 2 heterocycles. The number of carbonyl (C=O) groups is 3. The highest BCUT2D eigenvalue weighted by Gasteiger charge is 2.34. The molecule has 0 fully saturated rings. The summed E-state index contributed by atoms with van der Waals surface area (Å²) < 4.78 is 0. The molecule has 0 bridgehead atoms. The molecule has 0 radical (unpaired) electrons. The molecular formula is C18H16N4O5. The van der Waals surface area contributed by atoms with Gasteiger partial charge in [0.25, 0.3) is 17.5 Å². The second-order valence-electron chi connectivity index (χ2n) is 6.07. The molecule has 1 aromatic heterocycles. The van der Waals surface area contributed by atoms with Crippen LogP contribution in [0.2, 0.25) is 0 Å². The molecule has 3 rings (SSSR count). The van der Waals surface area contributed by atoms with Crippen molar-refractivity contribution in [3.8, 4) is 0 Å². The maximum absolute atomic E-state index is 12.2. The van der Waals surface area contributed by atoms with Gasteiger partial charge in [-0.3, -0.25) is 29.4 Å². The molecule has 1 aliphatic rings. The van der Waals surface area contributed by atoms with Gasteiger partial charge in [0, 0.05) is 18.5 Å². The Hall–Kier alpha value is -3.62. The van der Waals surface area contributed by atoms with Gasteiger partial charge in [-0.05, 0) is 31.5 Å². The van der Waals surface area contributed by atoms with Gasteiger partial charge in [0.1, 0.15) is 12.0 Å². The molecule has 3 amide bonds. The molecule has 0 saturated heterocycles. The van der Waals surface area contributed by atoms with E-state index in [1.54, 1.807) is 31.2 Å². The third kappa shape index (κ3) is 3.66. The summed E-state index contributed by atoms with van der Waals surface area (Å²) in [7, 11) is 0. The van der Waals surface area contributed by atoms with E-state index in [-0.39, 0.29) is 42.2 Å². The van der Waals surface area contributed by atoms with Crippen LogP contribution in [0.25, 0.3) is 0 Å². The number of nitrogens with one attached hydrogen (secondary N) is 1. The van der Waals surface area contributed by atoms with Gasteiger partial charge in [-0.15, -0.1) is 0 Å². The van der Waals surface area contributed by atoms with Crippen LogP contribution in [-0.2, 0) is 4.79 Å². The van der Waals surface area contributed by atoms with E-state index in [1.807, 2.05) is 0 Å². The summed E-state index contributed by atoms with van der Waals surface area (Å²) in [4.78, 5) is 51.7. The van der Waals surface area contributed by atoms with Gasteiger partial charge >= 0.3 is 0 Å². The van der Waals surface area contributed by atoms with Crippen LogP contribution in [0.3, 0.4) is 0 Å². The highest BCUT2D eigenvalue weighted by Crippen LogP contribution is 2.23. The standard InChI is InChI=1S/C18H16N4O5/c1-11-9-15(19-10-14(11)22(26)27)20-16(23)7-4-8-21-17(24)12-5-2-3-6-13(12)18(21)25/h2-3,5-6,9-10H,4,7-8H2,1H3,(H,19,20,23). The minimum Gasteiger partial charge on any atom is -0.311 e. The monoisotopic (exact) mass is 368 g/mol. The third-order valence-corrected chi connectivity index (χ3v) is 4.21. The molecule has 9 nitrogen and oxygen atoms in total. The number of rotatable bonds is 6. The summed E-state index contributed by atoms with van der Waals surface area (Å²) in [5, 5.41) is 13.3. The predicted molar refractivity (Wildman–Crippen MR) is 95.3 cm³/mol. The number of nitrogens with zero attached hydrogens (tertiary/aromatic N) is 3. The van der Waals surface area contributed by atoms with Gasteiger partial charge < -0.3 is 5.32 Å². The third-order valence-electron chi connectivity index (χ3n) is 4.21. The molecular weight excluding hydrogens is 352 g/mol. The molecule has 0 saturated carbocycles. The Morgan fingerprint density at radius 1 is 1.22 bits per heavy atom. The Balaban J connectivity index is 1.53. The summed E-state index contributed by atoms with van der Waals surface area (Å²) in [6.45, 7) is 1.68. The van der Waals surface area contributed by atoms with Crippen molar-refractivity contribution in [2.75, 3.05) is 11.9 Å². The van der Waals surface area contributed by atoms with Crippen LogP contribution in [0.4, 0.5) is 11.5 Å². The van der Waals surface area contributed by atoms with Gasteiger partial charge in [-0.25, -0.2) is 4.98 Å². The number of pyridine rings is 1. The Morgan fingerprint density at radius 3 is 2.41 bits per heavy atom. The molecule has 0 aliphatic carbocycles. The topological polar surface area (TPSA) is 123 Å². The van der Waals surface area contributed by atoms with E-state index >= 15 is 0 Å². The number of aromatic nitrogens is 1. The quantitative estimate of drug-likeness (QED) is 0.474. The van der Waals surface area contributed by atoms with Crippen LogP contribution in [0.1, 0.15) is 39.1 Å². The number of benzene rings is 1. The van der Waals surface area contributed by atoms with Gasteiger partial charge in [0.05, 0.1) is 16.1 Å². The van der Waals surface area contributed by atoms with Crippen LogP contribution in [0.15, 0.2) is 36.5 Å². The van der Waals surface area contributed by atoms with E-state index in [0.29, 0.717) is 23.1 Å². The van der Waals surface area contributed by atoms with E-state index < -0.39 is 4.92 Å². The first-order valence-electron chi connectivity index (χ1n) is 8.24. The Morgan fingerprint density at radius 2 is 1.85 bits per heavy atom. The molecule has 1 N–H and O–H groups in total. The molecule has 2 aromatic rings. The van der Waals surface area contributed by atoms with Crippen molar-refractivity contribution in [2.45, 2.75) is 19.8 Å². The predicted octanol–water partition coefficient (Wildman–Crippen LogP) is 2.31. The molecule has 0 atom stereocenters. The van der Waals surface area contributed by atoms with Crippen molar-refractivity contribution in [1.82, 2.24) is 9.88 Å². The van der Waals surface area contributed by atoms with E-state index in [2.05, 4.69) is 10.3 Å². The van der Waals surface area contributed by atoms with Crippen molar-refractivity contribution in [3.05, 3.63) is 63.3 Å². The summed E-state index contributed by atoms with van der Waals surface area (Å²) in [5.41, 5.74) is 1.00. The fourth-order valence-corrected chi connectivity index (χ4v) is 2.85. The highest BCUT2D eigenvalue weighted by molar-refractivity contribution is 6.21. The lowest BCUT2D eigenvalue weighted by atomic mass is 10.1. The lowest BCUT2D eigenvalue weighted by Crippen LogP contribution is -2.31. The number of imide groups is 1. The number of amides is 3. The van der Waals surface area contributed by atoms with Gasteiger partial charge in [0.15, 0.2) is 0 Å². The summed E-state index contributed by atoms with van der Waals surface area (Å²) >= 11 is 0. The fourth-order valence-electron chi connectivity index (χ4n) is 2.85. The summed E-state index contributed by atoms with van der Waals surface area (Å²) in [5.74, 6) is -0.858. The SMILES string of the molecule is Cc1cc(NC(=O)CCCN2C(=O)c3ccccc3C2=O)ncc1[N+](=O)[O-]. The van der Waals surface area contributed by atoms with Crippen LogP contribution in [-0.4, -0.2) is 39.1 Å². The zero-order chi connectivity index (χ0) is 19.6. The molecule has 0 spiro atoms. The summed E-state index contributed by atoms with van der Waals surface area (Å²) in [6.07, 6.45) is 1.46. The van der Waals surface area contributed by atoms with Crippen LogP contribution in [0, 0.1) is 17.0 Å². The van der Waals surface area contributed by atoms with Crippen molar-refractivity contribution in [3.63, 3.8) is 0 Å². The number of hydrogen-bond donors (Lipinski definition) is 1. The van der Waals surface area contributed by atoms with Gasteiger partial charge in [0.2, 0.25) is 5.91 Å². The average molecular weight is 368 g/mol. The number of nitro groups is 1. The maximum atomic E-state index is 12.2. The molecule has 0 unspecified atom stereocenters. The normalized spacial score (nSPS) is 12.9. The maximum Gasteiger partial charge on any atom is 0.290 e. The molecule has 1 aliphatic heterocycles. The summed E-state index contributed by atoms with van der Waals surface area (Å²) in [6, 6.07) is 8.01. The second-order valence-corrected chi connectivity index (χ2v) is 6.07. The number of aryl methyl sites for hydroxylation is 1. The van der Waals surface area contributed by atoms with Crippen LogP contribution in [0.5, 0.6) is 0 Å². The first-order chi connectivity index (χ1) is 12.9. The van der Waals surface area contributed by atoms with Crippen molar-refractivity contribution >= 4 is 29.2 Å². The lowest BCUT2D eigenvalue weighted by molar-refractivity contribution is -0.385. The zero-order valence-corrected chi connectivity index (χ0v) is 14.5.